The molecule has 0 atom stereocenters. The lowest BCUT2D eigenvalue weighted by atomic mass is 10.1. The van der Waals surface area contributed by atoms with Gasteiger partial charge in [0.2, 0.25) is 0 Å². The highest BCUT2D eigenvalue weighted by atomic mass is 32.2. The lowest BCUT2D eigenvalue weighted by molar-refractivity contribution is 0.414. The summed E-state index contributed by atoms with van der Waals surface area (Å²) in [6, 6.07) is 13.4. The molecular formula is C17H22N2O3S. The van der Waals surface area contributed by atoms with Gasteiger partial charge in [0.05, 0.1) is 12.0 Å². The molecule has 6 heteroatoms. The van der Waals surface area contributed by atoms with Crippen LogP contribution in [0.5, 0.6) is 5.75 Å². The summed E-state index contributed by atoms with van der Waals surface area (Å²) in [4.78, 5) is 0.190. The second-order valence-electron chi connectivity index (χ2n) is 6.23. The van der Waals surface area contributed by atoms with Gasteiger partial charge in [0.15, 0.2) is 0 Å². The molecule has 5 nitrogen and oxygen atoms in total. The SMILES string of the molecule is COc1ccc(S(=O)(=O)Nc2ccc(NC(C)(C)C)cc2)cc1. The molecule has 0 heterocycles. The summed E-state index contributed by atoms with van der Waals surface area (Å²) in [5.74, 6) is 0.613. The van der Waals surface area contributed by atoms with E-state index in [1.54, 1.807) is 24.3 Å². The van der Waals surface area contributed by atoms with Crippen molar-refractivity contribution >= 4 is 21.4 Å². The fraction of sp³-hybridized carbons (Fsp3) is 0.294. The van der Waals surface area contributed by atoms with Gasteiger partial charge in [-0.2, -0.15) is 0 Å². The van der Waals surface area contributed by atoms with Gasteiger partial charge in [-0.25, -0.2) is 8.42 Å². The van der Waals surface area contributed by atoms with E-state index in [0.717, 1.165) is 5.69 Å². The Balaban J connectivity index is 2.13. The molecule has 0 aromatic heterocycles. The van der Waals surface area contributed by atoms with Crippen LogP contribution in [0, 0.1) is 0 Å². The van der Waals surface area contributed by atoms with E-state index in [0.29, 0.717) is 11.4 Å². The lowest BCUT2D eigenvalue weighted by Gasteiger charge is -2.22. The lowest BCUT2D eigenvalue weighted by Crippen LogP contribution is -2.25. The number of anilines is 2. The molecule has 124 valence electrons. The van der Waals surface area contributed by atoms with Gasteiger partial charge in [0, 0.05) is 16.9 Å². The van der Waals surface area contributed by atoms with Gasteiger partial charge in [-0.1, -0.05) is 0 Å². The average Bonchev–Trinajstić information content (AvgIpc) is 2.48. The van der Waals surface area contributed by atoms with E-state index >= 15 is 0 Å². The fourth-order valence-corrected chi connectivity index (χ4v) is 3.08. The first-order chi connectivity index (χ1) is 10.7. The molecule has 2 rings (SSSR count). The van der Waals surface area contributed by atoms with E-state index in [1.807, 2.05) is 12.1 Å². The van der Waals surface area contributed by atoms with Crippen molar-refractivity contribution in [2.75, 3.05) is 17.1 Å². The van der Waals surface area contributed by atoms with Crippen LogP contribution in [0.2, 0.25) is 0 Å². The van der Waals surface area contributed by atoms with E-state index in [-0.39, 0.29) is 10.4 Å². The van der Waals surface area contributed by atoms with Crippen molar-refractivity contribution in [2.24, 2.45) is 0 Å². The Labute approximate surface area is 137 Å². The third-order valence-corrected chi connectivity index (χ3v) is 4.42. The van der Waals surface area contributed by atoms with Gasteiger partial charge in [-0.05, 0) is 69.3 Å². The number of hydrogen-bond acceptors (Lipinski definition) is 4. The quantitative estimate of drug-likeness (QED) is 0.875. The minimum atomic E-state index is -3.61. The van der Waals surface area contributed by atoms with Gasteiger partial charge in [0.1, 0.15) is 5.75 Å². The Hall–Kier alpha value is -2.21. The Morgan fingerprint density at radius 2 is 1.39 bits per heavy atom. The van der Waals surface area contributed by atoms with E-state index < -0.39 is 10.0 Å². The molecular weight excluding hydrogens is 312 g/mol. The summed E-state index contributed by atoms with van der Waals surface area (Å²) in [6.45, 7) is 6.19. The zero-order chi connectivity index (χ0) is 17.1. The minimum Gasteiger partial charge on any atom is -0.497 e. The molecule has 0 fully saturated rings. The second-order valence-corrected chi connectivity index (χ2v) is 7.92. The van der Waals surface area contributed by atoms with Gasteiger partial charge < -0.3 is 10.1 Å². The molecule has 0 unspecified atom stereocenters. The first kappa shape index (κ1) is 17.1. The van der Waals surface area contributed by atoms with Crippen LogP contribution in [-0.2, 0) is 10.0 Å². The first-order valence-corrected chi connectivity index (χ1v) is 8.73. The normalized spacial score (nSPS) is 11.8. The molecule has 0 aliphatic carbocycles. The Morgan fingerprint density at radius 1 is 0.870 bits per heavy atom. The van der Waals surface area contributed by atoms with Crippen LogP contribution in [-0.4, -0.2) is 21.1 Å². The van der Waals surface area contributed by atoms with Crippen molar-refractivity contribution in [3.8, 4) is 5.75 Å². The van der Waals surface area contributed by atoms with Crippen LogP contribution in [0.15, 0.2) is 53.4 Å². The monoisotopic (exact) mass is 334 g/mol. The molecule has 2 aromatic carbocycles. The van der Waals surface area contributed by atoms with Gasteiger partial charge >= 0.3 is 0 Å². The van der Waals surface area contributed by atoms with Crippen molar-refractivity contribution in [2.45, 2.75) is 31.2 Å². The van der Waals surface area contributed by atoms with Gasteiger partial charge in [0.25, 0.3) is 10.0 Å². The van der Waals surface area contributed by atoms with Crippen LogP contribution in [0.4, 0.5) is 11.4 Å². The molecule has 0 saturated carbocycles. The maximum atomic E-state index is 12.3. The van der Waals surface area contributed by atoms with Crippen molar-refractivity contribution < 1.29 is 13.2 Å². The number of ether oxygens (including phenoxy) is 1. The van der Waals surface area contributed by atoms with Crippen molar-refractivity contribution in [1.82, 2.24) is 0 Å². The predicted molar refractivity (Wildman–Crippen MR) is 93.6 cm³/mol. The van der Waals surface area contributed by atoms with Crippen LogP contribution in [0.3, 0.4) is 0 Å². The Kier molecular flexibility index (Phi) is 4.85. The van der Waals surface area contributed by atoms with Crippen molar-refractivity contribution in [3.05, 3.63) is 48.5 Å². The number of sulfonamides is 1. The van der Waals surface area contributed by atoms with Crippen LogP contribution in [0.25, 0.3) is 0 Å². The van der Waals surface area contributed by atoms with Crippen LogP contribution >= 0.6 is 0 Å². The predicted octanol–water partition coefficient (Wildman–Crippen LogP) is 3.71. The number of methoxy groups -OCH3 is 1. The first-order valence-electron chi connectivity index (χ1n) is 7.25. The highest BCUT2D eigenvalue weighted by Gasteiger charge is 2.14. The van der Waals surface area contributed by atoms with E-state index in [9.17, 15) is 8.42 Å². The topological polar surface area (TPSA) is 67.4 Å². The van der Waals surface area contributed by atoms with Crippen LogP contribution in [0.1, 0.15) is 20.8 Å². The van der Waals surface area contributed by atoms with E-state index in [1.165, 1.54) is 19.2 Å². The summed E-state index contributed by atoms with van der Waals surface area (Å²) >= 11 is 0. The standard InChI is InChI=1S/C17H22N2O3S/c1-17(2,3)18-13-5-7-14(8-6-13)19-23(20,21)16-11-9-15(22-4)10-12-16/h5-12,18-19H,1-4H3. The summed E-state index contributed by atoms with van der Waals surface area (Å²) in [5, 5.41) is 3.32. The summed E-state index contributed by atoms with van der Waals surface area (Å²) in [7, 11) is -2.08. The van der Waals surface area contributed by atoms with Gasteiger partial charge in [-0.15, -0.1) is 0 Å². The summed E-state index contributed by atoms with van der Waals surface area (Å²) in [5.41, 5.74) is 1.40. The molecule has 2 N–H and O–H groups in total. The second kappa shape index (κ2) is 6.50. The maximum Gasteiger partial charge on any atom is 0.261 e. The number of nitrogens with one attached hydrogen (secondary N) is 2. The molecule has 0 spiro atoms. The average molecular weight is 334 g/mol. The molecule has 0 aliphatic rings. The Morgan fingerprint density at radius 3 is 1.87 bits per heavy atom. The van der Waals surface area contributed by atoms with E-state index in [2.05, 4.69) is 30.8 Å². The highest BCUT2D eigenvalue weighted by molar-refractivity contribution is 7.92. The van der Waals surface area contributed by atoms with Crippen LogP contribution < -0.4 is 14.8 Å². The maximum absolute atomic E-state index is 12.3. The number of hydrogen-bond donors (Lipinski definition) is 2. The third-order valence-electron chi connectivity index (χ3n) is 3.03. The number of rotatable bonds is 5. The zero-order valence-corrected chi connectivity index (χ0v) is 14.6. The highest BCUT2D eigenvalue weighted by Crippen LogP contribution is 2.21. The van der Waals surface area contributed by atoms with Crippen molar-refractivity contribution in [1.29, 1.82) is 0 Å². The van der Waals surface area contributed by atoms with E-state index in [4.69, 9.17) is 4.74 Å². The molecule has 0 saturated heterocycles. The summed E-state index contributed by atoms with van der Waals surface area (Å²) < 4.78 is 32.3. The molecule has 23 heavy (non-hydrogen) atoms. The molecule has 2 aromatic rings. The molecule has 0 aliphatic heterocycles. The van der Waals surface area contributed by atoms with Crippen molar-refractivity contribution in [3.63, 3.8) is 0 Å². The number of benzene rings is 2. The zero-order valence-electron chi connectivity index (χ0n) is 13.8. The molecule has 0 amide bonds. The largest absolute Gasteiger partial charge is 0.497 e. The fourth-order valence-electron chi connectivity index (χ4n) is 2.02. The van der Waals surface area contributed by atoms with Gasteiger partial charge in [-0.3, -0.25) is 4.72 Å². The Bertz CT molecular complexity index is 746. The summed E-state index contributed by atoms with van der Waals surface area (Å²) in [6.07, 6.45) is 0. The minimum absolute atomic E-state index is 0.0515. The third kappa shape index (κ3) is 4.89. The molecule has 0 bridgehead atoms. The molecule has 0 radical (unpaired) electrons. The smallest absolute Gasteiger partial charge is 0.261 e.